The van der Waals surface area contributed by atoms with Crippen LogP contribution in [0.15, 0.2) is 12.1 Å². The molecule has 1 rings (SSSR count). The molecule has 0 heterocycles. The quantitative estimate of drug-likeness (QED) is 0.807. The Morgan fingerprint density at radius 3 is 2.00 bits per heavy atom. The number of alkyl halides is 3. The van der Waals surface area contributed by atoms with Crippen LogP contribution in [-0.2, 0) is 11.7 Å². The van der Waals surface area contributed by atoms with Gasteiger partial charge in [-0.2, -0.15) is 13.2 Å². The lowest BCUT2D eigenvalue weighted by atomic mass is 9.92. The van der Waals surface area contributed by atoms with Crippen LogP contribution in [0.3, 0.4) is 0 Å². The molecule has 0 aromatic heterocycles. The molecule has 6 heteroatoms. The van der Waals surface area contributed by atoms with Crippen molar-refractivity contribution in [2.75, 3.05) is 0 Å². The predicted octanol–water partition coefficient (Wildman–Crippen LogP) is 3.26. The molecule has 0 fully saturated rings. The lowest BCUT2D eigenvalue weighted by molar-refractivity contribution is -0.138. The van der Waals surface area contributed by atoms with Gasteiger partial charge >= 0.3 is 6.18 Å². The van der Waals surface area contributed by atoms with E-state index in [9.17, 15) is 18.3 Å². The van der Waals surface area contributed by atoms with Crippen molar-refractivity contribution < 1.29 is 18.3 Å². The molecule has 0 aliphatic heterocycles. The maximum Gasteiger partial charge on any atom is 0.420 e. The van der Waals surface area contributed by atoms with Crippen molar-refractivity contribution in [2.24, 2.45) is 5.73 Å². The van der Waals surface area contributed by atoms with Gasteiger partial charge in [0.05, 0.1) is 5.56 Å². The first-order chi connectivity index (χ1) is 7.03. The van der Waals surface area contributed by atoms with E-state index in [1.165, 1.54) is 19.9 Å². The Balaban J connectivity index is 3.51. The number of phenolic OH excluding ortho intramolecular Hbond substituents is 1. The van der Waals surface area contributed by atoms with Crippen molar-refractivity contribution in [3.05, 3.63) is 28.3 Å². The highest BCUT2D eigenvalue weighted by Crippen LogP contribution is 2.41. The second-order valence-corrected chi connectivity index (χ2v) is 4.51. The minimum atomic E-state index is -4.66. The smallest absolute Gasteiger partial charge is 0.420 e. The molecule has 90 valence electrons. The van der Waals surface area contributed by atoms with Gasteiger partial charge in [0, 0.05) is 16.1 Å². The molecule has 0 saturated carbocycles. The Morgan fingerprint density at radius 2 is 1.62 bits per heavy atom. The number of aromatic hydroxyl groups is 1. The summed E-state index contributed by atoms with van der Waals surface area (Å²) in [7, 11) is 0. The summed E-state index contributed by atoms with van der Waals surface area (Å²) in [6.45, 7) is 2.97. The maximum absolute atomic E-state index is 12.5. The SMILES string of the molecule is CC(C)(N)c1cc(Cl)cc(C(F)(F)F)c1O. The number of phenols is 1. The number of benzene rings is 1. The van der Waals surface area contributed by atoms with E-state index in [0.29, 0.717) is 6.07 Å². The molecular weight excluding hydrogens is 243 g/mol. The lowest BCUT2D eigenvalue weighted by Crippen LogP contribution is -2.29. The average Bonchev–Trinajstić information content (AvgIpc) is 2.04. The van der Waals surface area contributed by atoms with Crippen LogP contribution < -0.4 is 5.73 Å². The Kier molecular flexibility index (Phi) is 3.13. The van der Waals surface area contributed by atoms with E-state index in [1.54, 1.807) is 0 Å². The van der Waals surface area contributed by atoms with Gasteiger partial charge in [0.15, 0.2) is 0 Å². The summed E-state index contributed by atoms with van der Waals surface area (Å²) >= 11 is 5.57. The minimum absolute atomic E-state index is 0.0349. The predicted molar refractivity (Wildman–Crippen MR) is 55.3 cm³/mol. The van der Waals surface area contributed by atoms with Crippen LogP contribution in [0.1, 0.15) is 25.0 Å². The normalized spacial score (nSPS) is 12.9. The molecule has 3 N–H and O–H groups in total. The van der Waals surface area contributed by atoms with Crippen LogP contribution in [0.4, 0.5) is 13.2 Å². The summed E-state index contributed by atoms with van der Waals surface area (Å²) in [6, 6.07) is 1.90. The van der Waals surface area contributed by atoms with E-state index in [2.05, 4.69) is 0 Å². The molecule has 0 amide bonds. The molecule has 0 aliphatic carbocycles. The van der Waals surface area contributed by atoms with Crippen LogP contribution >= 0.6 is 11.6 Å². The van der Waals surface area contributed by atoms with Crippen LogP contribution in [0.2, 0.25) is 5.02 Å². The van der Waals surface area contributed by atoms with Crippen molar-refractivity contribution in [3.63, 3.8) is 0 Å². The second kappa shape index (κ2) is 3.82. The summed E-state index contributed by atoms with van der Waals surface area (Å²) in [5, 5.41) is 9.41. The molecule has 0 unspecified atom stereocenters. The highest BCUT2D eigenvalue weighted by molar-refractivity contribution is 6.30. The van der Waals surface area contributed by atoms with Gasteiger partial charge in [-0.05, 0) is 26.0 Å². The Hall–Kier alpha value is -0.940. The zero-order valence-electron chi connectivity index (χ0n) is 8.69. The molecule has 0 atom stereocenters. The Morgan fingerprint density at radius 1 is 1.19 bits per heavy atom. The zero-order chi connectivity index (χ0) is 12.7. The molecule has 16 heavy (non-hydrogen) atoms. The van der Waals surface area contributed by atoms with Gasteiger partial charge in [-0.1, -0.05) is 11.6 Å². The largest absolute Gasteiger partial charge is 0.507 e. The summed E-state index contributed by atoms with van der Waals surface area (Å²) < 4.78 is 37.6. The fourth-order valence-corrected chi connectivity index (χ4v) is 1.52. The van der Waals surface area contributed by atoms with E-state index in [-0.39, 0.29) is 10.6 Å². The van der Waals surface area contributed by atoms with Crippen LogP contribution in [0.25, 0.3) is 0 Å². The molecule has 2 nitrogen and oxygen atoms in total. The monoisotopic (exact) mass is 253 g/mol. The summed E-state index contributed by atoms with van der Waals surface area (Å²) in [5.74, 6) is -0.871. The third-order valence-electron chi connectivity index (χ3n) is 2.07. The fourth-order valence-electron chi connectivity index (χ4n) is 1.31. The molecule has 0 saturated heterocycles. The van der Waals surface area contributed by atoms with Crippen LogP contribution in [0, 0.1) is 0 Å². The molecule has 0 bridgehead atoms. The van der Waals surface area contributed by atoms with Gasteiger partial charge in [0.2, 0.25) is 0 Å². The van der Waals surface area contributed by atoms with Crippen molar-refractivity contribution >= 4 is 11.6 Å². The van der Waals surface area contributed by atoms with Gasteiger partial charge in [0.25, 0.3) is 0 Å². The first-order valence-corrected chi connectivity index (χ1v) is 4.80. The van der Waals surface area contributed by atoms with Crippen LogP contribution in [-0.4, -0.2) is 5.11 Å². The topological polar surface area (TPSA) is 46.2 Å². The van der Waals surface area contributed by atoms with E-state index in [4.69, 9.17) is 17.3 Å². The number of halogens is 4. The second-order valence-electron chi connectivity index (χ2n) is 4.07. The first-order valence-electron chi connectivity index (χ1n) is 4.42. The van der Waals surface area contributed by atoms with E-state index < -0.39 is 23.0 Å². The Labute approximate surface area is 95.8 Å². The maximum atomic E-state index is 12.5. The van der Waals surface area contributed by atoms with Crippen molar-refractivity contribution in [3.8, 4) is 5.75 Å². The third-order valence-corrected chi connectivity index (χ3v) is 2.29. The van der Waals surface area contributed by atoms with Gasteiger partial charge in [-0.3, -0.25) is 0 Å². The van der Waals surface area contributed by atoms with Gasteiger partial charge in [0.1, 0.15) is 5.75 Å². The molecule has 0 spiro atoms. The van der Waals surface area contributed by atoms with Crippen LogP contribution in [0.5, 0.6) is 5.75 Å². The van der Waals surface area contributed by atoms with Crippen molar-refractivity contribution in [2.45, 2.75) is 25.6 Å². The van der Waals surface area contributed by atoms with Crippen molar-refractivity contribution in [1.29, 1.82) is 0 Å². The third kappa shape index (κ3) is 2.59. The summed E-state index contributed by atoms with van der Waals surface area (Å²) in [5.41, 5.74) is 3.34. The number of hydrogen-bond donors (Lipinski definition) is 2. The fraction of sp³-hybridized carbons (Fsp3) is 0.400. The summed E-state index contributed by atoms with van der Waals surface area (Å²) in [4.78, 5) is 0. The molecule has 0 radical (unpaired) electrons. The highest BCUT2D eigenvalue weighted by atomic mass is 35.5. The lowest BCUT2D eigenvalue weighted by Gasteiger charge is -2.23. The zero-order valence-corrected chi connectivity index (χ0v) is 9.45. The van der Waals surface area contributed by atoms with Gasteiger partial charge in [-0.25, -0.2) is 0 Å². The molecule has 1 aromatic carbocycles. The highest BCUT2D eigenvalue weighted by Gasteiger charge is 2.36. The minimum Gasteiger partial charge on any atom is -0.507 e. The molecule has 1 aromatic rings. The average molecular weight is 254 g/mol. The summed E-state index contributed by atoms with van der Waals surface area (Å²) in [6.07, 6.45) is -4.66. The number of hydrogen-bond acceptors (Lipinski definition) is 2. The van der Waals surface area contributed by atoms with Gasteiger partial charge < -0.3 is 10.8 Å². The number of rotatable bonds is 1. The van der Waals surface area contributed by atoms with Crippen molar-refractivity contribution in [1.82, 2.24) is 0 Å². The standard InChI is InChI=1S/C10H11ClF3NO/c1-9(2,15)6-3-5(11)4-7(8(6)16)10(12,13)14/h3-4,16H,15H2,1-2H3. The Bertz CT molecular complexity index is 375. The van der Waals surface area contributed by atoms with E-state index in [1.807, 2.05) is 0 Å². The van der Waals surface area contributed by atoms with Gasteiger partial charge in [-0.15, -0.1) is 0 Å². The molecular formula is C10H11ClF3NO. The number of nitrogens with two attached hydrogens (primary N) is 1. The van der Waals surface area contributed by atoms with E-state index in [0.717, 1.165) is 0 Å². The van der Waals surface area contributed by atoms with E-state index >= 15 is 0 Å². The first kappa shape index (κ1) is 13.1. The molecule has 0 aliphatic rings.